The second kappa shape index (κ2) is 6.01. The van der Waals surface area contributed by atoms with Crippen LogP contribution in [0.25, 0.3) is 0 Å². The SMILES string of the molecule is Cc1ccc(S(=O)(=O)N2CC(C)(C)C(C)C2c2ccccc2)cc1. The quantitative estimate of drug-likeness (QED) is 0.828. The first-order chi connectivity index (χ1) is 11.2. The summed E-state index contributed by atoms with van der Waals surface area (Å²) in [5.74, 6) is 0.236. The standard InChI is InChI=1S/C20H25NO2S/c1-15-10-12-18(13-11-15)24(22,23)21-14-20(3,4)16(2)19(21)17-8-6-5-7-9-17/h5-13,16,19H,14H2,1-4H3. The molecule has 2 aromatic rings. The molecule has 1 fully saturated rings. The number of benzene rings is 2. The van der Waals surface area contributed by atoms with Gasteiger partial charge in [-0.05, 0) is 36.0 Å². The molecule has 2 unspecified atom stereocenters. The summed E-state index contributed by atoms with van der Waals surface area (Å²) < 4.78 is 28.3. The molecule has 2 atom stereocenters. The lowest BCUT2D eigenvalue weighted by Gasteiger charge is -2.27. The van der Waals surface area contributed by atoms with E-state index in [2.05, 4.69) is 20.8 Å². The fourth-order valence-electron chi connectivity index (χ4n) is 3.51. The molecule has 128 valence electrons. The van der Waals surface area contributed by atoms with Crippen LogP contribution >= 0.6 is 0 Å². The first-order valence-electron chi connectivity index (χ1n) is 8.37. The van der Waals surface area contributed by atoms with Gasteiger partial charge in [0, 0.05) is 6.54 Å². The third-order valence-corrected chi connectivity index (χ3v) is 7.19. The van der Waals surface area contributed by atoms with Gasteiger partial charge in [-0.25, -0.2) is 8.42 Å². The van der Waals surface area contributed by atoms with E-state index in [0.29, 0.717) is 11.4 Å². The van der Waals surface area contributed by atoms with E-state index >= 15 is 0 Å². The third kappa shape index (κ3) is 2.89. The third-order valence-electron chi connectivity index (χ3n) is 5.35. The zero-order valence-electron chi connectivity index (χ0n) is 14.7. The molecule has 0 amide bonds. The summed E-state index contributed by atoms with van der Waals surface area (Å²) in [6.45, 7) is 8.95. The fourth-order valence-corrected chi connectivity index (χ4v) is 5.36. The van der Waals surface area contributed by atoms with Gasteiger partial charge in [0.1, 0.15) is 0 Å². The number of aryl methyl sites for hydroxylation is 1. The van der Waals surface area contributed by atoms with Gasteiger partial charge in [-0.1, -0.05) is 68.8 Å². The van der Waals surface area contributed by atoms with Crippen molar-refractivity contribution in [2.24, 2.45) is 11.3 Å². The Morgan fingerprint density at radius 3 is 2.17 bits per heavy atom. The molecule has 3 rings (SSSR count). The first kappa shape index (κ1) is 17.2. The molecule has 0 saturated carbocycles. The Balaban J connectivity index is 2.08. The summed E-state index contributed by atoms with van der Waals surface area (Å²) in [6.07, 6.45) is 0. The highest BCUT2D eigenvalue weighted by atomic mass is 32.2. The molecular formula is C20H25NO2S. The molecule has 1 heterocycles. The molecule has 1 aliphatic heterocycles. The maximum Gasteiger partial charge on any atom is 0.243 e. The molecule has 3 nitrogen and oxygen atoms in total. The van der Waals surface area contributed by atoms with E-state index in [1.807, 2.05) is 49.4 Å². The predicted octanol–water partition coefficient (Wildman–Crippen LogP) is 4.40. The van der Waals surface area contributed by atoms with Crippen molar-refractivity contribution in [1.29, 1.82) is 0 Å². The topological polar surface area (TPSA) is 37.4 Å². The van der Waals surface area contributed by atoms with Crippen molar-refractivity contribution in [3.63, 3.8) is 0 Å². The van der Waals surface area contributed by atoms with Crippen molar-refractivity contribution in [1.82, 2.24) is 4.31 Å². The predicted molar refractivity (Wildman–Crippen MR) is 97.2 cm³/mol. The maximum atomic E-state index is 13.3. The van der Waals surface area contributed by atoms with Crippen LogP contribution in [0.1, 0.15) is 37.9 Å². The lowest BCUT2D eigenvalue weighted by atomic mass is 9.78. The van der Waals surface area contributed by atoms with E-state index in [-0.39, 0.29) is 17.4 Å². The van der Waals surface area contributed by atoms with E-state index in [1.54, 1.807) is 16.4 Å². The molecule has 0 spiro atoms. The Kier molecular flexibility index (Phi) is 4.30. The Labute approximate surface area is 145 Å². The summed E-state index contributed by atoms with van der Waals surface area (Å²) in [5.41, 5.74) is 2.05. The molecule has 0 aliphatic carbocycles. The smallest absolute Gasteiger partial charge is 0.207 e. The Morgan fingerprint density at radius 1 is 1.00 bits per heavy atom. The van der Waals surface area contributed by atoms with E-state index in [4.69, 9.17) is 0 Å². The lowest BCUT2D eigenvalue weighted by Crippen LogP contribution is -2.32. The zero-order chi connectivity index (χ0) is 17.5. The van der Waals surface area contributed by atoms with Crippen molar-refractivity contribution in [3.05, 3.63) is 65.7 Å². The van der Waals surface area contributed by atoms with Crippen LogP contribution < -0.4 is 0 Å². The Morgan fingerprint density at radius 2 is 1.58 bits per heavy atom. The largest absolute Gasteiger partial charge is 0.243 e. The van der Waals surface area contributed by atoms with Gasteiger partial charge >= 0.3 is 0 Å². The molecule has 24 heavy (non-hydrogen) atoms. The first-order valence-corrected chi connectivity index (χ1v) is 9.81. The van der Waals surface area contributed by atoms with Crippen LogP contribution in [0.2, 0.25) is 0 Å². The van der Waals surface area contributed by atoms with Gasteiger partial charge < -0.3 is 0 Å². The van der Waals surface area contributed by atoms with Crippen LogP contribution in [-0.4, -0.2) is 19.3 Å². The van der Waals surface area contributed by atoms with Gasteiger partial charge in [-0.15, -0.1) is 0 Å². The van der Waals surface area contributed by atoms with Crippen molar-refractivity contribution in [2.45, 2.75) is 38.6 Å². The normalized spacial score (nSPS) is 24.2. The molecule has 4 heteroatoms. The zero-order valence-corrected chi connectivity index (χ0v) is 15.5. The molecular weight excluding hydrogens is 318 g/mol. The van der Waals surface area contributed by atoms with Crippen molar-refractivity contribution in [3.8, 4) is 0 Å². The molecule has 1 aliphatic rings. The van der Waals surface area contributed by atoms with Crippen molar-refractivity contribution in [2.75, 3.05) is 6.54 Å². The number of hydrogen-bond acceptors (Lipinski definition) is 2. The summed E-state index contributed by atoms with van der Waals surface area (Å²) in [4.78, 5) is 0.374. The van der Waals surface area contributed by atoms with Crippen LogP contribution in [0.5, 0.6) is 0 Å². The molecule has 0 bridgehead atoms. The number of rotatable bonds is 3. The monoisotopic (exact) mass is 343 g/mol. The van der Waals surface area contributed by atoms with Crippen LogP contribution in [0.3, 0.4) is 0 Å². The van der Waals surface area contributed by atoms with Gasteiger partial charge in [0.2, 0.25) is 10.0 Å². The number of nitrogens with zero attached hydrogens (tertiary/aromatic N) is 1. The van der Waals surface area contributed by atoms with Crippen molar-refractivity contribution >= 4 is 10.0 Å². The average Bonchev–Trinajstić information content (AvgIpc) is 2.80. The van der Waals surface area contributed by atoms with Crippen molar-refractivity contribution < 1.29 is 8.42 Å². The highest BCUT2D eigenvalue weighted by molar-refractivity contribution is 7.89. The highest BCUT2D eigenvalue weighted by Crippen LogP contribution is 2.49. The fraction of sp³-hybridized carbons (Fsp3) is 0.400. The van der Waals surface area contributed by atoms with Crippen LogP contribution in [0.4, 0.5) is 0 Å². The second-order valence-electron chi connectivity index (χ2n) is 7.50. The summed E-state index contributed by atoms with van der Waals surface area (Å²) in [7, 11) is -3.52. The minimum atomic E-state index is -3.52. The minimum absolute atomic E-state index is 0.0712. The van der Waals surface area contributed by atoms with Crippen LogP contribution in [0, 0.1) is 18.3 Å². The van der Waals surface area contributed by atoms with Gasteiger partial charge in [0.05, 0.1) is 10.9 Å². The summed E-state index contributed by atoms with van der Waals surface area (Å²) in [5, 5.41) is 0. The van der Waals surface area contributed by atoms with E-state index < -0.39 is 10.0 Å². The van der Waals surface area contributed by atoms with Crippen LogP contribution in [-0.2, 0) is 10.0 Å². The molecule has 2 aromatic carbocycles. The molecule has 0 N–H and O–H groups in total. The minimum Gasteiger partial charge on any atom is -0.207 e. The molecule has 0 aromatic heterocycles. The van der Waals surface area contributed by atoms with Gasteiger partial charge in [0.25, 0.3) is 0 Å². The molecule has 1 saturated heterocycles. The maximum absolute atomic E-state index is 13.3. The second-order valence-corrected chi connectivity index (χ2v) is 9.39. The summed E-state index contributed by atoms with van der Waals surface area (Å²) >= 11 is 0. The average molecular weight is 343 g/mol. The van der Waals surface area contributed by atoms with E-state index in [1.165, 1.54) is 0 Å². The van der Waals surface area contributed by atoms with Gasteiger partial charge in [0.15, 0.2) is 0 Å². The van der Waals surface area contributed by atoms with E-state index in [9.17, 15) is 8.42 Å². The van der Waals surface area contributed by atoms with Crippen LogP contribution in [0.15, 0.2) is 59.5 Å². The van der Waals surface area contributed by atoms with Gasteiger partial charge in [-0.3, -0.25) is 0 Å². The lowest BCUT2D eigenvalue weighted by molar-refractivity contribution is 0.282. The highest BCUT2D eigenvalue weighted by Gasteiger charge is 2.49. The Bertz CT molecular complexity index is 810. The summed E-state index contributed by atoms with van der Waals surface area (Å²) in [6, 6.07) is 17.0. The molecule has 0 radical (unpaired) electrons. The number of sulfonamides is 1. The van der Waals surface area contributed by atoms with Gasteiger partial charge in [-0.2, -0.15) is 4.31 Å². The Hall–Kier alpha value is -1.65. The van der Waals surface area contributed by atoms with E-state index in [0.717, 1.165) is 11.1 Å². The number of hydrogen-bond donors (Lipinski definition) is 0.